The minimum absolute atomic E-state index is 0.0219. The summed E-state index contributed by atoms with van der Waals surface area (Å²) in [6, 6.07) is 5.45. The first-order valence-electron chi connectivity index (χ1n) is 9.45. The van der Waals surface area contributed by atoms with Crippen molar-refractivity contribution in [1.29, 1.82) is 0 Å². The second kappa shape index (κ2) is 6.69. The van der Waals surface area contributed by atoms with E-state index in [-0.39, 0.29) is 11.9 Å². The molecule has 0 bridgehead atoms. The zero-order valence-electron chi connectivity index (χ0n) is 15.6. The normalized spacial score (nSPS) is 19.7. The molecule has 0 radical (unpaired) electrons. The van der Waals surface area contributed by atoms with Gasteiger partial charge in [-0.05, 0) is 55.9 Å². The lowest BCUT2D eigenvalue weighted by atomic mass is 9.98. The lowest BCUT2D eigenvalue weighted by Gasteiger charge is -2.36. The molecule has 0 saturated heterocycles. The predicted octanol–water partition coefficient (Wildman–Crippen LogP) is 4.36. The summed E-state index contributed by atoms with van der Waals surface area (Å²) < 4.78 is 2.03. The molecule has 0 spiro atoms. The zero-order chi connectivity index (χ0) is 18.4. The van der Waals surface area contributed by atoms with E-state index < -0.39 is 0 Å². The molecule has 1 saturated carbocycles. The summed E-state index contributed by atoms with van der Waals surface area (Å²) in [5, 5.41) is 5.37. The average Bonchev–Trinajstić information content (AvgIpc) is 3.33. The highest BCUT2D eigenvalue weighted by atomic mass is 35.5. The van der Waals surface area contributed by atoms with E-state index in [1.807, 2.05) is 28.6 Å². The molecule has 1 aliphatic heterocycles. The van der Waals surface area contributed by atoms with Crippen LogP contribution in [0.4, 0.5) is 0 Å². The topological polar surface area (TPSA) is 51.0 Å². The summed E-state index contributed by atoms with van der Waals surface area (Å²) in [7, 11) is 0. The molecular weight excluding hydrogens is 348 g/mol. The molecule has 1 aliphatic carbocycles. The molecule has 1 atom stereocenters. The highest BCUT2D eigenvalue weighted by Gasteiger charge is 2.37. The molecule has 2 aromatic rings. The molecule has 2 aliphatic rings. The summed E-state index contributed by atoms with van der Waals surface area (Å²) in [4.78, 5) is 20.1. The number of benzene rings is 1. The van der Waals surface area contributed by atoms with Crippen LogP contribution in [-0.2, 0) is 6.54 Å². The van der Waals surface area contributed by atoms with Gasteiger partial charge in [0.05, 0.1) is 12.6 Å². The van der Waals surface area contributed by atoms with Gasteiger partial charge in [0.2, 0.25) is 0 Å². The SMILES string of the molecule is Cc1cc(Cl)ccc1C(=O)N1CCn2nc(C3CC3)nc2[C@@H]1CC(C)C. The van der Waals surface area contributed by atoms with Gasteiger partial charge in [0.1, 0.15) is 5.82 Å². The van der Waals surface area contributed by atoms with Gasteiger partial charge in [-0.25, -0.2) is 9.67 Å². The van der Waals surface area contributed by atoms with Gasteiger partial charge in [0.15, 0.2) is 5.82 Å². The van der Waals surface area contributed by atoms with Crippen molar-refractivity contribution in [3.63, 3.8) is 0 Å². The van der Waals surface area contributed by atoms with E-state index in [1.165, 1.54) is 12.8 Å². The molecule has 1 aromatic carbocycles. The summed E-state index contributed by atoms with van der Waals surface area (Å²) in [5.41, 5.74) is 1.63. The minimum Gasteiger partial charge on any atom is -0.327 e. The van der Waals surface area contributed by atoms with Crippen molar-refractivity contribution < 1.29 is 4.79 Å². The van der Waals surface area contributed by atoms with Crippen molar-refractivity contribution in [2.75, 3.05) is 6.54 Å². The molecule has 1 fully saturated rings. The molecule has 6 heteroatoms. The van der Waals surface area contributed by atoms with Crippen molar-refractivity contribution in [1.82, 2.24) is 19.7 Å². The number of amides is 1. The average molecular weight is 373 g/mol. The maximum Gasteiger partial charge on any atom is 0.254 e. The zero-order valence-corrected chi connectivity index (χ0v) is 16.3. The first-order chi connectivity index (χ1) is 12.4. The van der Waals surface area contributed by atoms with Gasteiger partial charge in [0.25, 0.3) is 5.91 Å². The van der Waals surface area contributed by atoms with Crippen LogP contribution in [0.25, 0.3) is 0 Å². The molecule has 5 nitrogen and oxygen atoms in total. The van der Waals surface area contributed by atoms with Gasteiger partial charge in [-0.3, -0.25) is 4.79 Å². The standard InChI is InChI=1S/C20H25ClN4O/c1-12(2)10-17-19-22-18(14-4-5-14)23-25(19)9-8-24(17)20(26)16-7-6-15(21)11-13(16)3/h6-7,11-12,14,17H,4-5,8-10H2,1-3H3/t17-/m0/s1. The third-order valence-corrected chi connectivity index (χ3v) is 5.50. The molecule has 2 heterocycles. The fourth-order valence-corrected chi connectivity index (χ4v) is 3.97. The van der Waals surface area contributed by atoms with E-state index in [9.17, 15) is 4.79 Å². The number of carbonyl (C=O) groups is 1. The first-order valence-corrected chi connectivity index (χ1v) is 9.83. The smallest absolute Gasteiger partial charge is 0.254 e. The summed E-state index contributed by atoms with van der Waals surface area (Å²) in [5.74, 6) is 2.97. The Hall–Kier alpha value is -1.88. The lowest BCUT2D eigenvalue weighted by molar-refractivity contribution is 0.0578. The Balaban J connectivity index is 1.68. The van der Waals surface area contributed by atoms with Crippen LogP contribution in [-0.4, -0.2) is 32.1 Å². The summed E-state index contributed by atoms with van der Waals surface area (Å²) in [6.07, 6.45) is 3.26. The quantitative estimate of drug-likeness (QED) is 0.801. The van der Waals surface area contributed by atoms with Crippen molar-refractivity contribution >= 4 is 17.5 Å². The van der Waals surface area contributed by atoms with E-state index in [4.69, 9.17) is 21.7 Å². The Bertz CT molecular complexity index is 840. The van der Waals surface area contributed by atoms with Crippen molar-refractivity contribution in [2.45, 2.75) is 58.5 Å². The number of aromatic nitrogens is 3. The number of fused-ring (bicyclic) bond motifs is 1. The van der Waals surface area contributed by atoms with Crippen LogP contribution in [0.5, 0.6) is 0 Å². The third kappa shape index (κ3) is 3.25. The first kappa shape index (κ1) is 17.5. The maximum absolute atomic E-state index is 13.3. The molecular formula is C20H25ClN4O. The fourth-order valence-electron chi connectivity index (χ4n) is 3.74. The number of nitrogens with zero attached hydrogens (tertiary/aromatic N) is 4. The lowest BCUT2D eigenvalue weighted by Crippen LogP contribution is -2.43. The number of halogens is 1. The van der Waals surface area contributed by atoms with Crippen LogP contribution in [0, 0.1) is 12.8 Å². The molecule has 0 N–H and O–H groups in total. The van der Waals surface area contributed by atoms with Crippen LogP contribution in [0.2, 0.25) is 5.02 Å². The second-order valence-corrected chi connectivity index (χ2v) is 8.37. The number of aryl methyl sites for hydroxylation is 1. The molecule has 0 unspecified atom stereocenters. The molecule has 138 valence electrons. The van der Waals surface area contributed by atoms with Crippen molar-refractivity contribution in [3.05, 3.63) is 46.0 Å². The Kier molecular flexibility index (Phi) is 4.51. The Morgan fingerprint density at radius 2 is 2.08 bits per heavy atom. The van der Waals surface area contributed by atoms with Gasteiger partial charge in [-0.2, -0.15) is 5.10 Å². The Labute approximate surface area is 159 Å². The number of hydrogen-bond acceptors (Lipinski definition) is 3. The van der Waals surface area contributed by atoms with Gasteiger partial charge >= 0.3 is 0 Å². The molecule has 26 heavy (non-hydrogen) atoms. The van der Waals surface area contributed by atoms with Crippen LogP contribution in [0.3, 0.4) is 0 Å². The molecule has 1 amide bonds. The molecule has 1 aromatic heterocycles. The Morgan fingerprint density at radius 3 is 2.73 bits per heavy atom. The van der Waals surface area contributed by atoms with Gasteiger partial charge in [-0.1, -0.05) is 25.4 Å². The van der Waals surface area contributed by atoms with Crippen LogP contribution < -0.4 is 0 Å². The van der Waals surface area contributed by atoms with Crippen LogP contribution >= 0.6 is 11.6 Å². The van der Waals surface area contributed by atoms with E-state index in [1.54, 1.807) is 6.07 Å². The predicted molar refractivity (Wildman–Crippen MR) is 101 cm³/mol. The van der Waals surface area contributed by atoms with Crippen molar-refractivity contribution in [2.24, 2.45) is 5.92 Å². The summed E-state index contributed by atoms with van der Waals surface area (Å²) >= 11 is 6.06. The van der Waals surface area contributed by atoms with Gasteiger partial charge < -0.3 is 4.90 Å². The maximum atomic E-state index is 13.3. The van der Waals surface area contributed by atoms with Crippen LogP contribution in [0.1, 0.15) is 72.6 Å². The van der Waals surface area contributed by atoms with E-state index in [2.05, 4.69) is 13.8 Å². The van der Waals surface area contributed by atoms with Gasteiger partial charge in [-0.15, -0.1) is 0 Å². The van der Waals surface area contributed by atoms with Gasteiger partial charge in [0, 0.05) is 23.0 Å². The summed E-state index contributed by atoms with van der Waals surface area (Å²) in [6.45, 7) is 7.69. The van der Waals surface area contributed by atoms with E-state index in [0.717, 1.165) is 29.2 Å². The fraction of sp³-hybridized carbons (Fsp3) is 0.550. The Morgan fingerprint density at radius 1 is 1.31 bits per heavy atom. The van der Waals surface area contributed by atoms with Crippen LogP contribution in [0.15, 0.2) is 18.2 Å². The highest BCUT2D eigenvalue weighted by Crippen LogP contribution is 2.40. The number of rotatable bonds is 4. The van der Waals surface area contributed by atoms with E-state index in [0.29, 0.717) is 29.9 Å². The third-order valence-electron chi connectivity index (χ3n) is 5.26. The van der Waals surface area contributed by atoms with E-state index >= 15 is 0 Å². The minimum atomic E-state index is -0.0219. The second-order valence-electron chi connectivity index (χ2n) is 7.93. The highest BCUT2D eigenvalue weighted by molar-refractivity contribution is 6.30. The number of hydrogen-bond donors (Lipinski definition) is 0. The van der Waals surface area contributed by atoms with Crippen molar-refractivity contribution in [3.8, 4) is 0 Å². The molecule has 4 rings (SSSR count). The number of carbonyl (C=O) groups excluding carboxylic acids is 1. The largest absolute Gasteiger partial charge is 0.327 e. The monoisotopic (exact) mass is 372 g/mol.